The van der Waals surface area contributed by atoms with Gasteiger partial charge in [-0.2, -0.15) is 13.2 Å². The number of hydrogen-bond donors (Lipinski definition) is 2. The van der Waals surface area contributed by atoms with Crippen molar-refractivity contribution in [1.82, 2.24) is 5.32 Å². The molecule has 2 amide bonds. The number of ketones is 1. The van der Waals surface area contributed by atoms with Crippen molar-refractivity contribution in [1.29, 1.82) is 0 Å². The topological polar surface area (TPSA) is 75.3 Å². The number of benzene rings is 2. The first-order valence-corrected chi connectivity index (χ1v) is 8.05. The largest absolute Gasteiger partial charge is 0.405 e. The minimum atomic E-state index is -4.61. The van der Waals surface area contributed by atoms with Gasteiger partial charge in [-0.25, -0.2) is 4.39 Å². The number of Topliss-reactive ketones (excluding diaryl/α,β-unsaturated/α-hetero) is 1. The molecule has 0 aliphatic heterocycles. The second-order valence-corrected chi connectivity index (χ2v) is 6.02. The van der Waals surface area contributed by atoms with Gasteiger partial charge in [0.25, 0.3) is 11.8 Å². The van der Waals surface area contributed by atoms with E-state index in [1.807, 2.05) is 0 Å². The molecule has 0 saturated carbocycles. The SMILES string of the molecule is CC(=O)c1ccc(C(=O)Nc2cc(C(=O)NCC(F)(F)F)cc(F)c2C)cc1. The van der Waals surface area contributed by atoms with E-state index in [0.717, 1.165) is 12.1 Å². The van der Waals surface area contributed by atoms with Crippen molar-refractivity contribution < 1.29 is 31.9 Å². The molecule has 0 aromatic heterocycles. The van der Waals surface area contributed by atoms with E-state index in [1.54, 1.807) is 5.32 Å². The van der Waals surface area contributed by atoms with Crippen LogP contribution in [0.15, 0.2) is 36.4 Å². The molecule has 0 spiro atoms. The molecular weight excluding hydrogens is 380 g/mol. The standard InChI is InChI=1S/C19H16F4N2O3/c1-10-15(20)7-14(17(27)24-9-19(21,22)23)8-16(10)25-18(28)13-5-3-12(4-6-13)11(2)26/h3-8H,9H2,1-2H3,(H,24,27)(H,25,28). The van der Waals surface area contributed by atoms with Crippen LogP contribution in [-0.2, 0) is 0 Å². The lowest BCUT2D eigenvalue weighted by molar-refractivity contribution is -0.123. The Morgan fingerprint density at radius 2 is 1.50 bits per heavy atom. The third kappa shape index (κ3) is 5.38. The van der Waals surface area contributed by atoms with Crippen LogP contribution in [0.1, 0.15) is 43.6 Å². The molecule has 0 unspecified atom stereocenters. The van der Waals surface area contributed by atoms with Crippen LogP contribution in [0.5, 0.6) is 0 Å². The molecule has 2 aromatic rings. The number of amides is 2. The number of carbonyl (C=O) groups is 3. The van der Waals surface area contributed by atoms with Gasteiger partial charge in [0.05, 0.1) is 0 Å². The summed E-state index contributed by atoms with van der Waals surface area (Å²) in [5.41, 5.74) is 0.173. The molecule has 2 rings (SSSR count). The van der Waals surface area contributed by atoms with Crippen LogP contribution >= 0.6 is 0 Å². The molecule has 9 heteroatoms. The summed E-state index contributed by atoms with van der Waals surface area (Å²) in [4.78, 5) is 35.4. The summed E-state index contributed by atoms with van der Waals surface area (Å²) in [7, 11) is 0. The number of alkyl halides is 3. The second-order valence-electron chi connectivity index (χ2n) is 6.02. The molecule has 0 aliphatic carbocycles. The van der Waals surface area contributed by atoms with Gasteiger partial charge in [-0.3, -0.25) is 14.4 Å². The minimum absolute atomic E-state index is 0.0149. The Morgan fingerprint density at radius 3 is 2.04 bits per heavy atom. The summed E-state index contributed by atoms with van der Waals surface area (Å²) in [5.74, 6) is -2.80. The molecule has 5 nitrogen and oxygen atoms in total. The van der Waals surface area contributed by atoms with Crippen molar-refractivity contribution in [2.24, 2.45) is 0 Å². The van der Waals surface area contributed by atoms with E-state index in [4.69, 9.17) is 0 Å². The summed E-state index contributed by atoms with van der Waals surface area (Å²) in [5, 5.41) is 4.06. The van der Waals surface area contributed by atoms with Gasteiger partial charge < -0.3 is 10.6 Å². The smallest absolute Gasteiger partial charge is 0.343 e. The maximum Gasteiger partial charge on any atom is 0.405 e. The number of nitrogens with one attached hydrogen (secondary N) is 2. The fourth-order valence-corrected chi connectivity index (χ4v) is 2.27. The van der Waals surface area contributed by atoms with Crippen LogP contribution in [0.2, 0.25) is 0 Å². The molecule has 0 bridgehead atoms. The Labute approximate surface area is 157 Å². The predicted molar refractivity (Wildman–Crippen MR) is 93.9 cm³/mol. The van der Waals surface area contributed by atoms with E-state index in [9.17, 15) is 31.9 Å². The summed E-state index contributed by atoms with van der Waals surface area (Å²) in [6, 6.07) is 7.58. The Hall–Kier alpha value is -3.23. The van der Waals surface area contributed by atoms with Crippen molar-refractivity contribution >= 4 is 23.3 Å². The third-order valence-corrected chi connectivity index (χ3v) is 3.86. The summed E-state index contributed by atoms with van der Waals surface area (Å²) in [6.45, 7) is 1.16. The number of rotatable bonds is 5. The van der Waals surface area contributed by atoms with E-state index < -0.39 is 30.4 Å². The van der Waals surface area contributed by atoms with E-state index in [2.05, 4.69) is 5.32 Å². The van der Waals surface area contributed by atoms with Gasteiger partial charge in [-0.05, 0) is 38.1 Å². The molecule has 148 valence electrons. The van der Waals surface area contributed by atoms with Crippen LogP contribution in [0, 0.1) is 12.7 Å². The molecule has 0 radical (unpaired) electrons. The lowest BCUT2D eigenvalue weighted by Crippen LogP contribution is -2.33. The molecule has 2 N–H and O–H groups in total. The highest BCUT2D eigenvalue weighted by molar-refractivity contribution is 6.06. The monoisotopic (exact) mass is 396 g/mol. The van der Waals surface area contributed by atoms with Crippen LogP contribution in [0.4, 0.5) is 23.2 Å². The fourth-order valence-electron chi connectivity index (χ4n) is 2.27. The Morgan fingerprint density at radius 1 is 0.929 bits per heavy atom. The van der Waals surface area contributed by atoms with Gasteiger partial charge in [-0.15, -0.1) is 0 Å². The lowest BCUT2D eigenvalue weighted by atomic mass is 10.1. The minimum Gasteiger partial charge on any atom is -0.343 e. The average Bonchev–Trinajstić information content (AvgIpc) is 2.62. The van der Waals surface area contributed by atoms with Gasteiger partial charge in [0, 0.05) is 27.9 Å². The van der Waals surface area contributed by atoms with E-state index in [0.29, 0.717) is 5.56 Å². The van der Waals surface area contributed by atoms with Crippen molar-refractivity contribution in [3.63, 3.8) is 0 Å². The first-order valence-electron chi connectivity index (χ1n) is 8.05. The number of hydrogen-bond acceptors (Lipinski definition) is 3. The zero-order chi connectivity index (χ0) is 21.1. The summed E-state index contributed by atoms with van der Waals surface area (Å²) >= 11 is 0. The molecular formula is C19H16F4N2O3. The number of carbonyl (C=O) groups excluding carboxylic acids is 3. The highest BCUT2D eigenvalue weighted by atomic mass is 19.4. The number of anilines is 1. The molecule has 2 aromatic carbocycles. The zero-order valence-electron chi connectivity index (χ0n) is 14.9. The van der Waals surface area contributed by atoms with E-state index >= 15 is 0 Å². The summed E-state index contributed by atoms with van der Waals surface area (Å²) in [6.07, 6.45) is -4.61. The summed E-state index contributed by atoms with van der Waals surface area (Å²) < 4.78 is 50.8. The first kappa shape index (κ1) is 21.1. The maximum atomic E-state index is 14.1. The molecule has 0 heterocycles. The van der Waals surface area contributed by atoms with Gasteiger partial charge in [0.2, 0.25) is 0 Å². The van der Waals surface area contributed by atoms with Crippen molar-refractivity contribution in [2.75, 3.05) is 11.9 Å². The molecule has 28 heavy (non-hydrogen) atoms. The Bertz CT molecular complexity index is 922. The molecule has 0 aliphatic rings. The molecule has 0 atom stereocenters. The molecule has 0 saturated heterocycles. The van der Waals surface area contributed by atoms with Crippen LogP contribution in [0.3, 0.4) is 0 Å². The average molecular weight is 396 g/mol. The Kier molecular flexibility index (Phi) is 6.17. The van der Waals surface area contributed by atoms with Crippen molar-refractivity contribution in [3.8, 4) is 0 Å². The maximum absolute atomic E-state index is 14.1. The third-order valence-electron chi connectivity index (χ3n) is 3.86. The van der Waals surface area contributed by atoms with Crippen LogP contribution in [0.25, 0.3) is 0 Å². The predicted octanol–water partition coefficient (Wildman–Crippen LogP) is 3.88. The normalized spacial score (nSPS) is 11.1. The van der Waals surface area contributed by atoms with Crippen molar-refractivity contribution in [3.05, 3.63) is 64.5 Å². The molecule has 0 fully saturated rings. The quantitative estimate of drug-likeness (QED) is 0.595. The Balaban J connectivity index is 2.22. The van der Waals surface area contributed by atoms with E-state index in [1.165, 1.54) is 38.1 Å². The lowest BCUT2D eigenvalue weighted by Gasteiger charge is -2.13. The van der Waals surface area contributed by atoms with Gasteiger partial charge in [-0.1, -0.05) is 12.1 Å². The highest BCUT2D eigenvalue weighted by Gasteiger charge is 2.28. The van der Waals surface area contributed by atoms with Crippen molar-refractivity contribution in [2.45, 2.75) is 20.0 Å². The highest BCUT2D eigenvalue weighted by Crippen LogP contribution is 2.22. The van der Waals surface area contributed by atoms with Crippen LogP contribution < -0.4 is 10.6 Å². The van der Waals surface area contributed by atoms with Gasteiger partial charge >= 0.3 is 6.18 Å². The fraction of sp³-hybridized carbons (Fsp3) is 0.211. The van der Waals surface area contributed by atoms with Gasteiger partial charge in [0.15, 0.2) is 5.78 Å². The zero-order valence-corrected chi connectivity index (χ0v) is 14.9. The second kappa shape index (κ2) is 8.20. The van der Waals surface area contributed by atoms with Crippen LogP contribution in [-0.4, -0.2) is 30.3 Å². The number of halogens is 4. The van der Waals surface area contributed by atoms with Gasteiger partial charge in [0.1, 0.15) is 12.4 Å². The van der Waals surface area contributed by atoms with E-state index in [-0.39, 0.29) is 28.2 Å². The first-order chi connectivity index (χ1) is 13.0.